The fourth-order valence-corrected chi connectivity index (χ4v) is 2.26. The van der Waals surface area contributed by atoms with Crippen molar-refractivity contribution in [3.63, 3.8) is 0 Å². The van der Waals surface area contributed by atoms with Gasteiger partial charge >= 0.3 is 103 Å². The summed E-state index contributed by atoms with van der Waals surface area (Å²) in [6, 6.07) is 13.1. The zero-order valence-corrected chi connectivity index (χ0v) is 8.46. The van der Waals surface area contributed by atoms with Crippen LogP contribution in [-0.4, -0.2) is 35.4 Å². The van der Waals surface area contributed by atoms with E-state index >= 15 is 0 Å². The molecule has 14 heavy (non-hydrogen) atoms. The molecule has 0 saturated carbocycles. The van der Waals surface area contributed by atoms with E-state index in [1.54, 1.807) is 0 Å². The van der Waals surface area contributed by atoms with Gasteiger partial charge in [0.15, 0.2) is 0 Å². The van der Waals surface area contributed by atoms with Crippen LogP contribution in [0.15, 0.2) is 36.4 Å². The maximum absolute atomic E-state index is 2.24. The van der Waals surface area contributed by atoms with E-state index in [-0.39, 0.29) is 0 Å². The molecule has 0 bridgehead atoms. The number of hydrogen-bond donors (Lipinski definition) is 0. The Kier molecular flexibility index (Phi) is 1.95. The Morgan fingerprint density at radius 1 is 0.714 bits per heavy atom. The summed E-state index contributed by atoms with van der Waals surface area (Å²) in [7, 11) is 0. The SMILES string of the molecule is [Li][c]1ccc2c([c]1[Li])-c1ccccc1-2. The van der Waals surface area contributed by atoms with E-state index in [1.165, 1.54) is 30.7 Å². The minimum absolute atomic E-state index is 1.39. The summed E-state index contributed by atoms with van der Waals surface area (Å²) in [5.41, 5.74) is 5.71. The molecular weight excluding hydrogens is 158 g/mol. The van der Waals surface area contributed by atoms with Gasteiger partial charge in [0.25, 0.3) is 0 Å². The molecule has 0 atom stereocenters. The van der Waals surface area contributed by atoms with Crippen LogP contribution in [0.3, 0.4) is 0 Å². The van der Waals surface area contributed by atoms with Crippen molar-refractivity contribution >= 4 is 43.9 Å². The summed E-state index contributed by atoms with van der Waals surface area (Å²) in [5, 5.41) is 0. The van der Waals surface area contributed by atoms with Crippen molar-refractivity contribution in [3.05, 3.63) is 36.4 Å². The molecule has 0 radical (unpaired) electrons. The Hall–Kier alpha value is -0.365. The normalized spacial score (nSPS) is 11.7. The topological polar surface area (TPSA) is 0 Å². The molecule has 0 N–H and O–H groups in total. The first-order valence-corrected chi connectivity index (χ1v) is 4.99. The number of hydrogen-bond acceptors (Lipinski definition) is 0. The predicted molar refractivity (Wildman–Crippen MR) is 61.6 cm³/mol. The van der Waals surface area contributed by atoms with Gasteiger partial charge in [-0.25, -0.2) is 0 Å². The number of fused-ring (bicyclic) bond motifs is 4. The fourth-order valence-electron chi connectivity index (χ4n) is 2.26. The predicted octanol–water partition coefficient (Wildman–Crippen LogP) is 0.922. The van der Waals surface area contributed by atoms with E-state index in [0.29, 0.717) is 0 Å². The van der Waals surface area contributed by atoms with Crippen molar-refractivity contribution in [1.29, 1.82) is 0 Å². The van der Waals surface area contributed by atoms with Gasteiger partial charge in [-0.1, -0.05) is 0 Å². The van der Waals surface area contributed by atoms with Crippen LogP contribution in [0, 0.1) is 0 Å². The average molecular weight is 164 g/mol. The molecule has 2 aromatic rings. The molecule has 0 amide bonds. The Bertz CT molecular complexity index is 530. The molecule has 0 saturated heterocycles. The van der Waals surface area contributed by atoms with Gasteiger partial charge in [-0.3, -0.25) is 0 Å². The molecular formula is C12H6Li2. The first kappa shape index (κ1) is 8.90. The van der Waals surface area contributed by atoms with Crippen molar-refractivity contribution in [2.75, 3.05) is 0 Å². The van der Waals surface area contributed by atoms with Gasteiger partial charge in [-0.2, -0.15) is 0 Å². The molecule has 1 aliphatic rings. The van der Waals surface area contributed by atoms with Crippen LogP contribution in [0.2, 0.25) is 0 Å². The van der Waals surface area contributed by atoms with Gasteiger partial charge in [0.1, 0.15) is 0 Å². The molecule has 2 aromatic carbocycles. The van der Waals surface area contributed by atoms with E-state index in [2.05, 4.69) is 71.8 Å². The minimum atomic E-state index is 1.39. The second-order valence-corrected chi connectivity index (χ2v) is 3.98. The van der Waals surface area contributed by atoms with E-state index in [1.807, 2.05) is 0 Å². The van der Waals surface area contributed by atoms with Crippen LogP contribution in [0.5, 0.6) is 0 Å². The van der Waals surface area contributed by atoms with Crippen LogP contribution >= 0.6 is 0 Å². The number of benzene rings is 2. The molecule has 0 spiro atoms. The Morgan fingerprint density at radius 2 is 1.43 bits per heavy atom. The second-order valence-electron chi connectivity index (χ2n) is 3.98. The average Bonchev–Trinajstić information content (AvgIpc) is 2.18. The summed E-state index contributed by atoms with van der Waals surface area (Å²) < 4.78 is 2.82. The van der Waals surface area contributed by atoms with Gasteiger partial charge in [0.2, 0.25) is 0 Å². The quantitative estimate of drug-likeness (QED) is 0.433. The zero-order chi connectivity index (χ0) is 9.71. The summed E-state index contributed by atoms with van der Waals surface area (Å²) in [6.07, 6.45) is 0. The van der Waals surface area contributed by atoms with Crippen molar-refractivity contribution < 1.29 is 0 Å². The third-order valence-electron chi connectivity index (χ3n) is 3.22. The molecule has 0 fully saturated rings. The van der Waals surface area contributed by atoms with Crippen molar-refractivity contribution in [2.24, 2.45) is 0 Å². The summed E-state index contributed by atoms with van der Waals surface area (Å²) in [4.78, 5) is 0. The van der Waals surface area contributed by atoms with Gasteiger partial charge in [-0.15, -0.1) is 0 Å². The molecule has 0 aromatic heterocycles. The van der Waals surface area contributed by atoms with E-state index < -0.39 is 0 Å². The first-order chi connectivity index (χ1) is 6.79. The van der Waals surface area contributed by atoms with E-state index in [0.717, 1.165) is 0 Å². The first-order valence-electron chi connectivity index (χ1n) is 4.99. The van der Waals surface area contributed by atoms with Gasteiger partial charge in [-0.05, 0) is 0 Å². The second kappa shape index (κ2) is 3.06. The molecule has 0 heterocycles. The molecule has 56 valence electrons. The fraction of sp³-hybridized carbons (Fsp3) is 0. The molecule has 0 nitrogen and oxygen atoms in total. The van der Waals surface area contributed by atoms with Crippen LogP contribution in [0.4, 0.5) is 0 Å². The molecule has 0 aliphatic heterocycles. The number of rotatable bonds is 0. The maximum atomic E-state index is 2.24. The Balaban J connectivity index is 2.34. The zero-order valence-electron chi connectivity index (χ0n) is 8.46. The van der Waals surface area contributed by atoms with Crippen LogP contribution in [0.1, 0.15) is 0 Å². The third kappa shape index (κ3) is 1.04. The molecule has 3 rings (SSSR count). The van der Waals surface area contributed by atoms with Crippen molar-refractivity contribution in [1.82, 2.24) is 0 Å². The van der Waals surface area contributed by atoms with E-state index in [4.69, 9.17) is 0 Å². The summed E-state index contributed by atoms with van der Waals surface area (Å²) in [6.45, 7) is 0. The van der Waals surface area contributed by atoms with Gasteiger partial charge in [0, 0.05) is 0 Å². The van der Waals surface area contributed by atoms with E-state index in [9.17, 15) is 0 Å². The molecule has 2 heteroatoms. The Morgan fingerprint density at radius 3 is 2.21 bits per heavy atom. The van der Waals surface area contributed by atoms with Gasteiger partial charge < -0.3 is 0 Å². The molecule has 0 unspecified atom stereocenters. The van der Waals surface area contributed by atoms with Crippen LogP contribution in [0.25, 0.3) is 22.3 Å². The van der Waals surface area contributed by atoms with Crippen molar-refractivity contribution in [3.8, 4) is 22.3 Å². The molecule has 1 aliphatic carbocycles. The Labute approximate surface area is 102 Å². The summed E-state index contributed by atoms with van der Waals surface area (Å²) in [5.74, 6) is 0. The summed E-state index contributed by atoms with van der Waals surface area (Å²) >= 11 is 4.39. The van der Waals surface area contributed by atoms with Crippen LogP contribution in [-0.2, 0) is 0 Å². The third-order valence-corrected chi connectivity index (χ3v) is 3.22. The van der Waals surface area contributed by atoms with Crippen LogP contribution < -0.4 is 8.47 Å². The van der Waals surface area contributed by atoms with Crippen molar-refractivity contribution in [2.45, 2.75) is 0 Å². The van der Waals surface area contributed by atoms with Gasteiger partial charge in [0.05, 0.1) is 0 Å². The monoisotopic (exact) mass is 164 g/mol. The standard InChI is InChI=1S/C12H6.2Li/c1-2-6-10-9(5-1)11-7-3-4-8-12(10)11;;/h1-3,5-7H;;.